The molecule has 68 valence electrons. The Morgan fingerprint density at radius 1 is 1.25 bits per heavy atom. The van der Waals surface area contributed by atoms with Crippen molar-refractivity contribution in [2.45, 2.75) is 32.6 Å². The second-order valence-electron chi connectivity index (χ2n) is 2.91. The van der Waals surface area contributed by atoms with Crippen LogP contribution in [0.2, 0.25) is 0 Å². The van der Waals surface area contributed by atoms with E-state index in [2.05, 4.69) is 35.0 Å². The molecule has 0 aliphatic heterocycles. The Labute approximate surface area is 87.1 Å². The van der Waals surface area contributed by atoms with Crippen molar-refractivity contribution in [3.63, 3.8) is 0 Å². The molecule has 0 saturated heterocycles. The standard InChI is InChI=1S/C10H15BrS/c1-2-4-9-6-7-10(12-9)5-3-8-11/h6-7H,2-5,8H2,1H3. The van der Waals surface area contributed by atoms with E-state index in [0.717, 1.165) is 5.33 Å². The second-order valence-corrected chi connectivity index (χ2v) is 4.96. The van der Waals surface area contributed by atoms with Crippen molar-refractivity contribution in [3.8, 4) is 0 Å². The topological polar surface area (TPSA) is 0 Å². The maximum Gasteiger partial charge on any atom is 0.00484 e. The lowest BCUT2D eigenvalue weighted by atomic mass is 10.2. The molecular weight excluding hydrogens is 232 g/mol. The molecule has 0 aliphatic rings. The minimum atomic E-state index is 1.12. The SMILES string of the molecule is CCCc1ccc(CCCBr)s1. The summed E-state index contributed by atoms with van der Waals surface area (Å²) in [5.74, 6) is 0. The largest absolute Gasteiger partial charge is 0.145 e. The van der Waals surface area contributed by atoms with Crippen LogP contribution in [-0.4, -0.2) is 5.33 Å². The van der Waals surface area contributed by atoms with E-state index >= 15 is 0 Å². The van der Waals surface area contributed by atoms with Crippen LogP contribution in [0, 0.1) is 0 Å². The lowest BCUT2D eigenvalue weighted by Crippen LogP contribution is -1.79. The number of aryl methyl sites for hydroxylation is 2. The van der Waals surface area contributed by atoms with Crippen LogP contribution in [0.3, 0.4) is 0 Å². The molecule has 12 heavy (non-hydrogen) atoms. The molecule has 0 aromatic carbocycles. The molecule has 0 N–H and O–H groups in total. The fourth-order valence-corrected chi connectivity index (χ4v) is 2.62. The van der Waals surface area contributed by atoms with E-state index in [4.69, 9.17) is 0 Å². The molecule has 0 saturated carbocycles. The Morgan fingerprint density at radius 2 is 1.92 bits per heavy atom. The Bertz CT molecular complexity index is 217. The Balaban J connectivity index is 2.41. The highest BCUT2D eigenvalue weighted by Gasteiger charge is 1.98. The van der Waals surface area contributed by atoms with Gasteiger partial charge in [0.15, 0.2) is 0 Å². The van der Waals surface area contributed by atoms with Gasteiger partial charge in [-0.3, -0.25) is 0 Å². The third kappa shape index (κ3) is 3.28. The molecule has 1 aromatic rings. The lowest BCUT2D eigenvalue weighted by molar-refractivity contribution is 0.940. The summed E-state index contributed by atoms with van der Waals surface area (Å²) < 4.78 is 0. The molecule has 0 fully saturated rings. The van der Waals surface area contributed by atoms with Crippen LogP contribution in [0.4, 0.5) is 0 Å². The number of hydrogen-bond acceptors (Lipinski definition) is 1. The number of hydrogen-bond donors (Lipinski definition) is 0. The van der Waals surface area contributed by atoms with Crippen LogP contribution in [0.25, 0.3) is 0 Å². The average Bonchev–Trinajstić information content (AvgIpc) is 2.50. The first-order valence-electron chi connectivity index (χ1n) is 4.50. The van der Waals surface area contributed by atoms with Crippen molar-refractivity contribution in [2.75, 3.05) is 5.33 Å². The lowest BCUT2D eigenvalue weighted by Gasteiger charge is -1.92. The molecule has 0 nitrogen and oxygen atoms in total. The van der Waals surface area contributed by atoms with Gasteiger partial charge in [0.05, 0.1) is 0 Å². The summed E-state index contributed by atoms with van der Waals surface area (Å²) in [5, 5.41) is 1.12. The fourth-order valence-electron chi connectivity index (χ4n) is 1.18. The van der Waals surface area contributed by atoms with Gasteiger partial charge in [-0.2, -0.15) is 0 Å². The molecule has 0 unspecified atom stereocenters. The zero-order valence-electron chi connectivity index (χ0n) is 7.48. The maximum absolute atomic E-state index is 3.45. The first-order chi connectivity index (χ1) is 5.86. The summed E-state index contributed by atoms with van der Waals surface area (Å²) in [6.45, 7) is 2.23. The molecule has 0 amide bonds. The van der Waals surface area contributed by atoms with Crippen LogP contribution in [0.5, 0.6) is 0 Å². The average molecular weight is 247 g/mol. The summed E-state index contributed by atoms with van der Waals surface area (Å²) in [4.78, 5) is 3.08. The first-order valence-corrected chi connectivity index (χ1v) is 6.44. The molecule has 1 heterocycles. The molecule has 1 rings (SSSR count). The van der Waals surface area contributed by atoms with Crippen LogP contribution in [0.15, 0.2) is 12.1 Å². The highest BCUT2D eigenvalue weighted by atomic mass is 79.9. The van der Waals surface area contributed by atoms with E-state index in [-0.39, 0.29) is 0 Å². The van der Waals surface area contributed by atoms with Gasteiger partial charge >= 0.3 is 0 Å². The summed E-state index contributed by atoms with van der Waals surface area (Å²) in [7, 11) is 0. The fraction of sp³-hybridized carbons (Fsp3) is 0.600. The number of alkyl halides is 1. The predicted molar refractivity (Wildman–Crippen MR) is 60.4 cm³/mol. The van der Waals surface area contributed by atoms with Crippen molar-refractivity contribution in [1.82, 2.24) is 0 Å². The molecule has 2 heteroatoms. The van der Waals surface area contributed by atoms with Crippen molar-refractivity contribution in [1.29, 1.82) is 0 Å². The zero-order valence-corrected chi connectivity index (χ0v) is 9.88. The van der Waals surface area contributed by atoms with E-state index in [1.165, 1.54) is 30.6 Å². The van der Waals surface area contributed by atoms with Gasteiger partial charge in [0, 0.05) is 15.1 Å². The Hall–Kier alpha value is 0.180. The van der Waals surface area contributed by atoms with Gasteiger partial charge in [-0.25, -0.2) is 0 Å². The summed E-state index contributed by atoms with van der Waals surface area (Å²) in [6.07, 6.45) is 5.00. The molecular formula is C10H15BrS. The van der Waals surface area contributed by atoms with Crippen LogP contribution >= 0.6 is 27.3 Å². The first kappa shape index (κ1) is 10.3. The Morgan fingerprint density at radius 3 is 2.50 bits per heavy atom. The van der Waals surface area contributed by atoms with Crippen LogP contribution < -0.4 is 0 Å². The van der Waals surface area contributed by atoms with E-state index in [1.807, 2.05) is 11.3 Å². The van der Waals surface area contributed by atoms with Crippen LogP contribution in [0.1, 0.15) is 29.5 Å². The third-order valence-electron chi connectivity index (χ3n) is 1.77. The third-order valence-corrected chi connectivity index (χ3v) is 3.54. The van der Waals surface area contributed by atoms with E-state index in [1.54, 1.807) is 4.88 Å². The number of thiophene rings is 1. The van der Waals surface area contributed by atoms with Crippen molar-refractivity contribution in [2.24, 2.45) is 0 Å². The van der Waals surface area contributed by atoms with Gasteiger partial charge in [-0.1, -0.05) is 29.3 Å². The van der Waals surface area contributed by atoms with Gasteiger partial charge in [0.2, 0.25) is 0 Å². The molecule has 0 bridgehead atoms. The normalized spacial score (nSPS) is 10.5. The Kier molecular flexibility index (Phi) is 4.93. The molecule has 1 aromatic heterocycles. The van der Waals surface area contributed by atoms with Gasteiger partial charge in [0.25, 0.3) is 0 Å². The number of halogens is 1. The summed E-state index contributed by atoms with van der Waals surface area (Å²) >= 11 is 5.43. The molecule has 0 spiro atoms. The van der Waals surface area contributed by atoms with Gasteiger partial charge in [0.1, 0.15) is 0 Å². The molecule has 0 aliphatic carbocycles. The second kappa shape index (κ2) is 5.76. The van der Waals surface area contributed by atoms with Gasteiger partial charge < -0.3 is 0 Å². The van der Waals surface area contributed by atoms with Crippen molar-refractivity contribution >= 4 is 27.3 Å². The maximum atomic E-state index is 3.45. The predicted octanol–water partition coefficient (Wildman–Crippen LogP) is 4.03. The van der Waals surface area contributed by atoms with Crippen molar-refractivity contribution < 1.29 is 0 Å². The smallest absolute Gasteiger partial charge is 0.00484 e. The zero-order chi connectivity index (χ0) is 8.81. The number of rotatable bonds is 5. The monoisotopic (exact) mass is 246 g/mol. The minimum Gasteiger partial charge on any atom is -0.145 e. The van der Waals surface area contributed by atoms with E-state index < -0.39 is 0 Å². The summed E-state index contributed by atoms with van der Waals surface area (Å²) in [5.41, 5.74) is 0. The van der Waals surface area contributed by atoms with E-state index in [0.29, 0.717) is 0 Å². The van der Waals surface area contributed by atoms with Gasteiger partial charge in [-0.15, -0.1) is 11.3 Å². The van der Waals surface area contributed by atoms with E-state index in [9.17, 15) is 0 Å². The molecule has 0 radical (unpaired) electrons. The minimum absolute atomic E-state index is 1.12. The van der Waals surface area contributed by atoms with Crippen molar-refractivity contribution in [3.05, 3.63) is 21.9 Å². The van der Waals surface area contributed by atoms with Gasteiger partial charge in [-0.05, 0) is 31.4 Å². The highest BCUT2D eigenvalue weighted by molar-refractivity contribution is 9.09. The highest BCUT2D eigenvalue weighted by Crippen LogP contribution is 2.19. The summed E-state index contributed by atoms with van der Waals surface area (Å²) in [6, 6.07) is 4.55. The quantitative estimate of drug-likeness (QED) is 0.689. The van der Waals surface area contributed by atoms with Crippen LogP contribution in [-0.2, 0) is 12.8 Å². The molecule has 0 atom stereocenters.